The second kappa shape index (κ2) is 7.70. The number of nitrogens with zero attached hydrogens (tertiary/aromatic N) is 1. The molecule has 2 heterocycles. The Labute approximate surface area is 146 Å². The fourth-order valence-electron chi connectivity index (χ4n) is 3.45. The van der Waals surface area contributed by atoms with E-state index in [0.29, 0.717) is 6.42 Å². The average Bonchev–Trinajstić information content (AvgIpc) is 2.88. The molecule has 2 unspecified atom stereocenters. The van der Waals surface area contributed by atoms with Crippen LogP contribution in [0, 0.1) is 0 Å². The Balaban J connectivity index is 1.70. The van der Waals surface area contributed by atoms with E-state index >= 15 is 0 Å². The van der Waals surface area contributed by atoms with Crippen molar-refractivity contribution in [3.63, 3.8) is 0 Å². The fraction of sp³-hybridized carbons (Fsp3) is 0.647. The summed E-state index contributed by atoms with van der Waals surface area (Å²) in [5.74, 6) is 0. The van der Waals surface area contributed by atoms with E-state index in [-0.39, 0.29) is 17.0 Å². The number of nitrogens with one attached hydrogen (secondary N) is 1. The Morgan fingerprint density at radius 2 is 1.96 bits per heavy atom. The molecule has 2 aliphatic rings. The molecule has 2 fully saturated rings. The molecule has 0 saturated carbocycles. The monoisotopic (exact) mass is 354 g/mol. The molecular weight excluding hydrogens is 328 g/mol. The van der Waals surface area contributed by atoms with Crippen LogP contribution in [-0.2, 0) is 11.2 Å². The van der Waals surface area contributed by atoms with Gasteiger partial charge in [0.1, 0.15) is 29.2 Å². The average molecular weight is 354 g/mol. The minimum atomic E-state index is -1.12. The molecular formula is C17H26N2O4S. The minimum absolute atomic E-state index is 0.0249. The zero-order valence-corrected chi connectivity index (χ0v) is 14.8. The lowest BCUT2D eigenvalue weighted by Gasteiger charge is -2.42. The summed E-state index contributed by atoms with van der Waals surface area (Å²) in [6.07, 6.45) is -3.37. The highest BCUT2D eigenvalue weighted by Gasteiger charge is 2.53. The van der Waals surface area contributed by atoms with E-state index in [2.05, 4.69) is 5.32 Å². The van der Waals surface area contributed by atoms with Gasteiger partial charge in [-0.2, -0.15) is 0 Å². The van der Waals surface area contributed by atoms with Crippen molar-refractivity contribution >= 4 is 11.8 Å². The van der Waals surface area contributed by atoms with Gasteiger partial charge >= 0.3 is 0 Å². The van der Waals surface area contributed by atoms with Crippen LogP contribution in [0.2, 0.25) is 0 Å². The highest BCUT2D eigenvalue weighted by atomic mass is 32.2. The first-order valence-electron chi connectivity index (χ1n) is 8.37. The highest BCUT2D eigenvalue weighted by molar-refractivity contribution is 8.00. The largest absolute Gasteiger partial charge is 0.390 e. The van der Waals surface area contributed by atoms with Crippen LogP contribution in [0.3, 0.4) is 0 Å². The summed E-state index contributed by atoms with van der Waals surface area (Å²) in [7, 11) is 1.91. The number of aliphatic hydroxyl groups is 3. The molecule has 2 aliphatic heterocycles. The summed E-state index contributed by atoms with van der Waals surface area (Å²) >= 11 is 1.57. The van der Waals surface area contributed by atoms with Crippen molar-refractivity contribution in [3.8, 4) is 0 Å². The third kappa shape index (κ3) is 3.48. The molecule has 6 nitrogen and oxygen atoms in total. The van der Waals surface area contributed by atoms with Crippen LogP contribution in [0.5, 0.6) is 0 Å². The lowest BCUT2D eigenvalue weighted by atomic mass is 9.91. The second-order valence-corrected chi connectivity index (χ2v) is 7.59. The molecule has 7 heteroatoms. The summed E-state index contributed by atoms with van der Waals surface area (Å²) in [4.78, 5) is 1.99. The maximum Gasteiger partial charge on any atom is 0.124 e. The first-order chi connectivity index (χ1) is 11.5. The molecule has 3 rings (SSSR count). The van der Waals surface area contributed by atoms with Crippen LogP contribution in [0.4, 0.5) is 0 Å². The molecule has 2 saturated heterocycles. The first kappa shape index (κ1) is 18.1. The van der Waals surface area contributed by atoms with Gasteiger partial charge in [-0.3, -0.25) is 10.2 Å². The quantitative estimate of drug-likeness (QED) is 0.591. The maximum atomic E-state index is 10.6. The van der Waals surface area contributed by atoms with Gasteiger partial charge in [0.2, 0.25) is 0 Å². The SMILES string of the molecule is CCNC1S[C@H]2O[C@H](C(O)Cc3ccccc3)[C@@H](O)[C@H](O)[C@H]2N1C. The van der Waals surface area contributed by atoms with E-state index in [0.717, 1.165) is 12.1 Å². The molecule has 7 atom stereocenters. The number of aliphatic hydroxyl groups excluding tert-OH is 3. The predicted octanol–water partition coefficient (Wildman–Crippen LogP) is -0.0230. The van der Waals surface area contributed by atoms with Gasteiger partial charge in [-0.15, -0.1) is 0 Å². The van der Waals surface area contributed by atoms with E-state index < -0.39 is 24.4 Å². The smallest absolute Gasteiger partial charge is 0.124 e. The van der Waals surface area contributed by atoms with E-state index in [9.17, 15) is 15.3 Å². The summed E-state index contributed by atoms with van der Waals surface area (Å²) in [5, 5.41) is 34.9. The molecule has 0 aromatic heterocycles. The molecule has 24 heavy (non-hydrogen) atoms. The van der Waals surface area contributed by atoms with Gasteiger partial charge in [0.05, 0.1) is 12.1 Å². The second-order valence-electron chi connectivity index (χ2n) is 6.41. The Morgan fingerprint density at radius 1 is 1.25 bits per heavy atom. The molecule has 0 amide bonds. The van der Waals surface area contributed by atoms with Gasteiger partial charge in [0.15, 0.2) is 0 Å². The van der Waals surface area contributed by atoms with Crippen LogP contribution >= 0.6 is 11.8 Å². The minimum Gasteiger partial charge on any atom is -0.390 e. The van der Waals surface area contributed by atoms with Crippen LogP contribution in [0.15, 0.2) is 30.3 Å². The van der Waals surface area contributed by atoms with Gasteiger partial charge in [-0.25, -0.2) is 0 Å². The number of ether oxygens (including phenoxy) is 1. The van der Waals surface area contributed by atoms with Gasteiger partial charge < -0.3 is 20.1 Å². The number of hydrogen-bond donors (Lipinski definition) is 4. The van der Waals surface area contributed by atoms with E-state index in [1.165, 1.54) is 0 Å². The van der Waals surface area contributed by atoms with Gasteiger partial charge in [-0.1, -0.05) is 49.0 Å². The Kier molecular flexibility index (Phi) is 5.82. The number of thioether (sulfide) groups is 1. The highest BCUT2D eigenvalue weighted by Crippen LogP contribution is 2.41. The molecule has 1 aromatic carbocycles. The molecule has 134 valence electrons. The van der Waals surface area contributed by atoms with Crippen molar-refractivity contribution in [2.75, 3.05) is 13.6 Å². The van der Waals surface area contributed by atoms with Crippen LogP contribution in [0.25, 0.3) is 0 Å². The number of rotatable bonds is 5. The third-order valence-corrected chi connectivity index (χ3v) is 6.17. The van der Waals surface area contributed by atoms with E-state index in [1.807, 2.05) is 49.2 Å². The van der Waals surface area contributed by atoms with Crippen molar-refractivity contribution in [2.45, 2.75) is 54.7 Å². The molecule has 0 bridgehead atoms. The summed E-state index contributed by atoms with van der Waals surface area (Å²) in [6, 6.07) is 9.30. The topological polar surface area (TPSA) is 85.2 Å². The van der Waals surface area contributed by atoms with Crippen LogP contribution < -0.4 is 5.32 Å². The van der Waals surface area contributed by atoms with Crippen molar-refractivity contribution in [1.82, 2.24) is 10.2 Å². The molecule has 0 spiro atoms. The zero-order valence-electron chi connectivity index (χ0n) is 13.9. The van der Waals surface area contributed by atoms with Gasteiger partial charge in [-0.05, 0) is 19.2 Å². The lowest BCUT2D eigenvalue weighted by Crippen LogP contribution is -2.62. The zero-order chi connectivity index (χ0) is 17.3. The Hall–Kier alpha value is -0.670. The van der Waals surface area contributed by atoms with Gasteiger partial charge in [0, 0.05) is 6.42 Å². The normalized spacial score (nSPS) is 38.0. The van der Waals surface area contributed by atoms with Crippen molar-refractivity contribution < 1.29 is 20.1 Å². The van der Waals surface area contributed by atoms with Crippen molar-refractivity contribution in [3.05, 3.63) is 35.9 Å². The van der Waals surface area contributed by atoms with Crippen LogP contribution in [-0.4, -0.2) is 75.2 Å². The fourth-order valence-corrected chi connectivity index (χ4v) is 5.01. The molecule has 0 radical (unpaired) electrons. The molecule has 4 N–H and O–H groups in total. The standard InChI is InChI=1S/C17H26N2O4S/c1-3-18-17-19(2)12-13(21)14(22)15(23-16(12)24-17)11(20)9-10-7-5-4-6-8-10/h4-8,11-18,20-22H,3,9H2,1-2H3/t11?,12-,13-,14+,15-,16-,17?/m1/s1. The first-order valence-corrected chi connectivity index (χ1v) is 9.31. The number of likely N-dealkylation sites (N-methyl/N-ethyl adjacent to an activating group) is 1. The maximum absolute atomic E-state index is 10.6. The third-order valence-electron chi connectivity index (χ3n) is 4.76. The molecule has 1 aromatic rings. The number of hydrogen-bond acceptors (Lipinski definition) is 7. The summed E-state index contributed by atoms with van der Waals surface area (Å²) < 4.78 is 6.00. The Morgan fingerprint density at radius 3 is 2.62 bits per heavy atom. The Bertz CT molecular complexity index is 535. The summed E-state index contributed by atoms with van der Waals surface area (Å²) in [6.45, 7) is 2.83. The van der Waals surface area contributed by atoms with Crippen molar-refractivity contribution in [1.29, 1.82) is 0 Å². The van der Waals surface area contributed by atoms with Gasteiger partial charge in [0.25, 0.3) is 0 Å². The van der Waals surface area contributed by atoms with Crippen LogP contribution in [0.1, 0.15) is 12.5 Å². The van der Waals surface area contributed by atoms with E-state index in [4.69, 9.17) is 4.74 Å². The number of fused-ring (bicyclic) bond motifs is 1. The summed E-state index contributed by atoms with van der Waals surface area (Å²) in [5.41, 5.74) is 0.712. The number of benzene rings is 1. The predicted molar refractivity (Wildman–Crippen MR) is 93.4 cm³/mol. The van der Waals surface area contributed by atoms with E-state index in [1.54, 1.807) is 11.8 Å². The lowest BCUT2D eigenvalue weighted by molar-refractivity contribution is -0.201. The van der Waals surface area contributed by atoms with Crippen molar-refractivity contribution in [2.24, 2.45) is 0 Å². The molecule has 0 aliphatic carbocycles.